The van der Waals surface area contributed by atoms with E-state index in [0.29, 0.717) is 6.42 Å². The molecule has 1 aromatic rings. The number of urea groups is 1. The van der Waals surface area contributed by atoms with Crippen molar-refractivity contribution in [2.24, 2.45) is 5.92 Å². The molecule has 22 heavy (non-hydrogen) atoms. The van der Waals surface area contributed by atoms with E-state index in [1.54, 1.807) is 0 Å². The zero-order chi connectivity index (χ0) is 16.5. The number of likely N-dealkylation sites (tertiary alicyclic amines) is 1. The molecular weight excluding hydrogens is 369 g/mol. The van der Waals surface area contributed by atoms with Gasteiger partial charge in [-0.05, 0) is 24.6 Å². The monoisotopic (exact) mass is 380 g/mol. The number of rotatable bonds is 2. The largest absolute Gasteiger partial charge is 0.481 e. The van der Waals surface area contributed by atoms with Gasteiger partial charge in [-0.3, -0.25) is 4.79 Å². The van der Waals surface area contributed by atoms with Crippen LogP contribution in [0.15, 0.2) is 22.7 Å². The molecule has 1 saturated heterocycles. The number of carbonyl (C=O) groups excluding carboxylic acids is 1. The summed E-state index contributed by atoms with van der Waals surface area (Å²) in [4.78, 5) is 24.1. The van der Waals surface area contributed by atoms with Crippen molar-refractivity contribution in [3.05, 3.63) is 28.2 Å². The Labute approximate surface area is 132 Å². The number of hydrogen-bond acceptors (Lipinski definition) is 2. The standard InChI is InChI=1S/C13H12BrF3N2O3/c14-10-2-1-8(5-9(10)13(15,16)17)18-12(22)19-4-3-7(6-19)11(20)21/h1-2,5,7H,3-4,6H2,(H,18,22)(H,20,21). The van der Waals surface area contributed by atoms with Crippen LogP contribution in [0, 0.1) is 5.92 Å². The van der Waals surface area contributed by atoms with E-state index in [0.717, 1.165) is 6.07 Å². The minimum atomic E-state index is -4.54. The zero-order valence-corrected chi connectivity index (χ0v) is 12.7. The number of carbonyl (C=O) groups is 2. The molecular formula is C13H12BrF3N2O3. The summed E-state index contributed by atoms with van der Waals surface area (Å²) in [7, 11) is 0. The third kappa shape index (κ3) is 3.70. The van der Waals surface area contributed by atoms with Gasteiger partial charge in [-0.25, -0.2) is 4.79 Å². The van der Waals surface area contributed by atoms with Crippen molar-refractivity contribution in [3.63, 3.8) is 0 Å². The first-order valence-corrected chi connectivity index (χ1v) is 7.13. The van der Waals surface area contributed by atoms with Gasteiger partial charge in [-0.15, -0.1) is 0 Å². The van der Waals surface area contributed by atoms with Crippen LogP contribution in [0.3, 0.4) is 0 Å². The van der Waals surface area contributed by atoms with Crippen LogP contribution in [0.4, 0.5) is 23.7 Å². The Morgan fingerprint density at radius 3 is 2.59 bits per heavy atom. The Bertz CT molecular complexity index is 607. The molecule has 5 nitrogen and oxygen atoms in total. The van der Waals surface area contributed by atoms with Crippen LogP contribution >= 0.6 is 15.9 Å². The molecule has 2 N–H and O–H groups in total. The van der Waals surface area contributed by atoms with E-state index in [1.807, 2.05) is 0 Å². The van der Waals surface area contributed by atoms with E-state index in [2.05, 4.69) is 21.2 Å². The van der Waals surface area contributed by atoms with Crippen LogP contribution in [-0.4, -0.2) is 35.1 Å². The number of hydrogen-bond donors (Lipinski definition) is 2. The van der Waals surface area contributed by atoms with Gasteiger partial charge in [0.2, 0.25) is 0 Å². The normalized spacial score (nSPS) is 18.4. The van der Waals surface area contributed by atoms with Crippen LogP contribution in [0.5, 0.6) is 0 Å². The van der Waals surface area contributed by atoms with Crippen molar-refractivity contribution in [3.8, 4) is 0 Å². The fourth-order valence-electron chi connectivity index (χ4n) is 2.17. The number of nitrogens with one attached hydrogen (secondary N) is 1. The van der Waals surface area contributed by atoms with Gasteiger partial charge in [-0.1, -0.05) is 15.9 Å². The van der Waals surface area contributed by atoms with Gasteiger partial charge in [0.05, 0.1) is 11.5 Å². The maximum Gasteiger partial charge on any atom is 0.417 e. The Balaban J connectivity index is 2.08. The smallest absolute Gasteiger partial charge is 0.417 e. The molecule has 1 unspecified atom stereocenters. The molecule has 1 aromatic carbocycles. The Morgan fingerprint density at radius 2 is 2.05 bits per heavy atom. The molecule has 0 aliphatic carbocycles. The highest BCUT2D eigenvalue weighted by molar-refractivity contribution is 9.10. The van der Waals surface area contributed by atoms with Crippen molar-refractivity contribution in [2.45, 2.75) is 12.6 Å². The van der Waals surface area contributed by atoms with Gasteiger partial charge >= 0.3 is 18.2 Å². The van der Waals surface area contributed by atoms with Crippen molar-refractivity contribution < 1.29 is 27.9 Å². The summed E-state index contributed by atoms with van der Waals surface area (Å²) in [6, 6.07) is 2.75. The third-order valence-corrected chi connectivity index (χ3v) is 4.04. The average molecular weight is 381 g/mol. The topological polar surface area (TPSA) is 69.6 Å². The summed E-state index contributed by atoms with van der Waals surface area (Å²) in [5.41, 5.74) is -0.894. The lowest BCUT2D eigenvalue weighted by Gasteiger charge is -2.18. The summed E-state index contributed by atoms with van der Waals surface area (Å²) in [6.07, 6.45) is -4.21. The molecule has 1 fully saturated rings. The first kappa shape index (κ1) is 16.6. The Hall–Kier alpha value is -1.77. The van der Waals surface area contributed by atoms with E-state index in [9.17, 15) is 22.8 Å². The second-order valence-corrected chi connectivity index (χ2v) is 5.75. The molecule has 2 amide bonds. The summed E-state index contributed by atoms with van der Waals surface area (Å²) in [5.74, 6) is -1.63. The maximum absolute atomic E-state index is 12.8. The summed E-state index contributed by atoms with van der Waals surface area (Å²) in [5, 5.41) is 11.2. The third-order valence-electron chi connectivity index (χ3n) is 3.35. The number of aliphatic carboxylic acids is 1. The minimum Gasteiger partial charge on any atom is -0.481 e. The number of amides is 2. The number of anilines is 1. The first-order chi connectivity index (χ1) is 10.2. The molecule has 0 bridgehead atoms. The summed E-state index contributed by atoms with van der Waals surface area (Å²) in [6.45, 7) is 0.301. The number of alkyl halides is 3. The van der Waals surface area contributed by atoms with Crippen molar-refractivity contribution >= 4 is 33.6 Å². The molecule has 120 valence electrons. The van der Waals surface area contributed by atoms with Crippen LogP contribution in [0.2, 0.25) is 0 Å². The van der Waals surface area contributed by atoms with E-state index >= 15 is 0 Å². The van der Waals surface area contributed by atoms with Crippen molar-refractivity contribution in [1.82, 2.24) is 4.90 Å². The predicted octanol–water partition coefficient (Wildman–Crippen LogP) is 3.41. The lowest BCUT2D eigenvalue weighted by atomic mass is 10.1. The van der Waals surface area contributed by atoms with Crippen LogP contribution in [0.25, 0.3) is 0 Å². The quantitative estimate of drug-likeness (QED) is 0.825. The first-order valence-electron chi connectivity index (χ1n) is 6.34. The lowest BCUT2D eigenvalue weighted by molar-refractivity contribution is -0.141. The number of carboxylic acids is 1. The van der Waals surface area contributed by atoms with E-state index in [1.165, 1.54) is 17.0 Å². The Morgan fingerprint density at radius 1 is 1.36 bits per heavy atom. The molecule has 1 heterocycles. The zero-order valence-electron chi connectivity index (χ0n) is 11.2. The molecule has 0 aromatic heterocycles. The molecule has 1 aliphatic rings. The van der Waals surface area contributed by atoms with Crippen molar-refractivity contribution in [1.29, 1.82) is 0 Å². The van der Waals surface area contributed by atoms with Crippen LogP contribution in [0.1, 0.15) is 12.0 Å². The van der Waals surface area contributed by atoms with Gasteiger partial charge in [0.15, 0.2) is 0 Å². The number of nitrogens with zero attached hydrogens (tertiary/aromatic N) is 1. The van der Waals surface area contributed by atoms with E-state index < -0.39 is 29.7 Å². The molecule has 2 rings (SSSR count). The van der Waals surface area contributed by atoms with Gasteiger partial charge in [0, 0.05) is 23.2 Å². The minimum absolute atomic E-state index is 0.000648. The molecule has 0 spiro atoms. The highest BCUT2D eigenvalue weighted by atomic mass is 79.9. The van der Waals surface area contributed by atoms with Gasteiger partial charge in [0.25, 0.3) is 0 Å². The molecule has 1 aliphatic heterocycles. The number of carboxylic acid groups (broad SMARTS) is 1. The fraction of sp³-hybridized carbons (Fsp3) is 0.385. The van der Waals surface area contributed by atoms with Gasteiger partial charge < -0.3 is 15.3 Å². The lowest BCUT2D eigenvalue weighted by Crippen LogP contribution is -2.33. The van der Waals surface area contributed by atoms with E-state index in [4.69, 9.17) is 5.11 Å². The van der Waals surface area contributed by atoms with Crippen LogP contribution in [-0.2, 0) is 11.0 Å². The number of benzene rings is 1. The second-order valence-electron chi connectivity index (χ2n) is 4.89. The molecule has 0 radical (unpaired) electrons. The predicted molar refractivity (Wildman–Crippen MR) is 75.5 cm³/mol. The second kappa shape index (κ2) is 6.15. The van der Waals surface area contributed by atoms with Gasteiger partial charge in [-0.2, -0.15) is 13.2 Å². The maximum atomic E-state index is 12.8. The average Bonchev–Trinajstić information content (AvgIpc) is 2.89. The number of halogens is 4. The Kier molecular flexibility index (Phi) is 4.64. The van der Waals surface area contributed by atoms with Gasteiger partial charge in [0.1, 0.15) is 0 Å². The highest BCUT2D eigenvalue weighted by Gasteiger charge is 2.34. The SMILES string of the molecule is O=C(O)C1CCN(C(=O)Nc2ccc(Br)c(C(F)(F)F)c2)C1. The molecule has 1 atom stereocenters. The molecule has 9 heteroatoms. The summed E-state index contributed by atoms with van der Waals surface area (Å²) >= 11 is 2.81. The van der Waals surface area contributed by atoms with Crippen molar-refractivity contribution in [2.75, 3.05) is 18.4 Å². The van der Waals surface area contributed by atoms with E-state index in [-0.39, 0.29) is 23.2 Å². The molecule has 0 saturated carbocycles. The fourth-order valence-corrected chi connectivity index (χ4v) is 2.64. The highest BCUT2D eigenvalue weighted by Crippen LogP contribution is 2.36. The van der Waals surface area contributed by atoms with Crippen LogP contribution < -0.4 is 5.32 Å². The summed E-state index contributed by atoms with van der Waals surface area (Å²) < 4.78 is 38.2.